The third kappa shape index (κ3) is 5.09. The van der Waals surface area contributed by atoms with Crippen LogP contribution < -0.4 is 11.1 Å². The van der Waals surface area contributed by atoms with Gasteiger partial charge in [0.25, 0.3) is 0 Å². The monoisotopic (exact) mass is 351 g/mol. The number of rotatable bonds is 4. The van der Waals surface area contributed by atoms with E-state index in [1.807, 2.05) is 11.8 Å². The van der Waals surface area contributed by atoms with E-state index in [-0.39, 0.29) is 30.1 Å². The van der Waals surface area contributed by atoms with Gasteiger partial charge in [0.1, 0.15) is 0 Å². The molecule has 1 aliphatic heterocycles. The number of benzene rings is 1. The van der Waals surface area contributed by atoms with Gasteiger partial charge >= 0.3 is 6.18 Å². The summed E-state index contributed by atoms with van der Waals surface area (Å²) in [6, 6.07) is 4.98. The number of hydrogen-bond acceptors (Lipinski definition) is 3. The van der Waals surface area contributed by atoms with Crippen LogP contribution in [0.1, 0.15) is 18.9 Å². The normalized spacial score (nSPS) is 21.8. The Morgan fingerprint density at radius 3 is 2.61 bits per heavy atom. The van der Waals surface area contributed by atoms with Crippen LogP contribution in [0.25, 0.3) is 0 Å². The minimum atomic E-state index is -4.49. The summed E-state index contributed by atoms with van der Waals surface area (Å²) in [6.45, 7) is 4.05. The third-order valence-electron chi connectivity index (χ3n) is 4.00. The number of nitrogens with one attached hydrogen (secondary N) is 1. The van der Waals surface area contributed by atoms with Gasteiger partial charge in [-0.3, -0.25) is 9.69 Å². The zero-order chi connectivity index (χ0) is 16.4. The Kier molecular flexibility index (Phi) is 6.44. The van der Waals surface area contributed by atoms with Gasteiger partial charge in [-0.05, 0) is 37.1 Å². The first-order valence-corrected chi connectivity index (χ1v) is 7.12. The second kappa shape index (κ2) is 7.51. The van der Waals surface area contributed by atoms with E-state index in [4.69, 9.17) is 5.73 Å². The molecule has 0 radical (unpaired) electrons. The quantitative estimate of drug-likeness (QED) is 0.877. The van der Waals surface area contributed by atoms with Crippen LogP contribution in [0, 0.1) is 5.41 Å². The zero-order valence-electron chi connectivity index (χ0n) is 12.8. The molecular weight excluding hydrogens is 331 g/mol. The zero-order valence-corrected chi connectivity index (χ0v) is 13.6. The maximum Gasteiger partial charge on any atom is 0.418 e. The van der Waals surface area contributed by atoms with Gasteiger partial charge < -0.3 is 11.1 Å². The van der Waals surface area contributed by atoms with Crippen molar-refractivity contribution < 1.29 is 18.0 Å². The molecule has 0 spiro atoms. The Bertz CT molecular complexity index is 553. The maximum atomic E-state index is 12.9. The van der Waals surface area contributed by atoms with Gasteiger partial charge in [-0.1, -0.05) is 19.1 Å². The van der Waals surface area contributed by atoms with E-state index in [0.717, 1.165) is 19.0 Å². The third-order valence-corrected chi connectivity index (χ3v) is 4.00. The van der Waals surface area contributed by atoms with Gasteiger partial charge in [-0.2, -0.15) is 13.2 Å². The Morgan fingerprint density at radius 1 is 1.39 bits per heavy atom. The van der Waals surface area contributed by atoms with Crippen LogP contribution in [0.15, 0.2) is 24.3 Å². The van der Waals surface area contributed by atoms with Gasteiger partial charge in [-0.25, -0.2) is 0 Å². The predicted molar refractivity (Wildman–Crippen MR) is 85.5 cm³/mol. The molecule has 0 saturated carbocycles. The van der Waals surface area contributed by atoms with E-state index in [9.17, 15) is 18.0 Å². The number of alkyl halides is 3. The first-order valence-electron chi connectivity index (χ1n) is 7.12. The molecule has 4 nitrogen and oxygen atoms in total. The van der Waals surface area contributed by atoms with Crippen LogP contribution in [0.4, 0.5) is 18.9 Å². The molecule has 23 heavy (non-hydrogen) atoms. The molecule has 0 aromatic heterocycles. The highest BCUT2D eigenvalue weighted by molar-refractivity contribution is 5.93. The van der Waals surface area contributed by atoms with E-state index in [2.05, 4.69) is 5.32 Å². The van der Waals surface area contributed by atoms with Crippen molar-refractivity contribution in [3.8, 4) is 0 Å². The Labute approximate surface area is 139 Å². The number of nitrogens with zero attached hydrogens (tertiary/aromatic N) is 1. The molecule has 1 atom stereocenters. The largest absolute Gasteiger partial charge is 0.418 e. The summed E-state index contributed by atoms with van der Waals surface area (Å²) >= 11 is 0. The van der Waals surface area contributed by atoms with E-state index in [0.29, 0.717) is 13.1 Å². The standard InChI is InChI=1S/C15H20F3N3O.ClH/c1-14(9-19)6-7-21(10-14)8-13(22)20-12-5-3-2-4-11(12)15(16,17)18;/h2-5H,6-10,19H2,1H3,(H,20,22);1H. The Hall–Kier alpha value is -1.31. The highest BCUT2D eigenvalue weighted by Gasteiger charge is 2.35. The summed E-state index contributed by atoms with van der Waals surface area (Å²) in [7, 11) is 0. The van der Waals surface area contributed by atoms with E-state index < -0.39 is 17.6 Å². The fraction of sp³-hybridized carbons (Fsp3) is 0.533. The first-order chi connectivity index (χ1) is 10.2. The highest BCUT2D eigenvalue weighted by atomic mass is 35.5. The van der Waals surface area contributed by atoms with E-state index in [1.165, 1.54) is 18.2 Å². The average molecular weight is 352 g/mol. The number of amides is 1. The molecule has 3 N–H and O–H groups in total. The molecule has 1 heterocycles. The molecule has 1 aliphatic rings. The number of likely N-dealkylation sites (tertiary alicyclic amines) is 1. The molecule has 0 bridgehead atoms. The molecule has 1 amide bonds. The van der Waals surface area contributed by atoms with Crippen LogP contribution in [0.2, 0.25) is 0 Å². The predicted octanol–water partition coefficient (Wildman–Crippen LogP) is 2.74. The van der Waals surface area contributed by atoms with Gasteiger partial charge in [0.15, 0.2) is 0 Å². The molecular formula is C15H21ClF3N3O. The van der Waals surface area contributed by atoms with Crippen LogP contribution in [0.5, 0.6) is 0 Å². The molecule has 1 aromatic carbocycles. The Balaban J connectivity index is 0.00000264. The fourth-order valence-electron chi connectivity index (χ4n) is 2.66. The number of carbonyl (C=O) groups is 1. The van der Waals surface area contributed by atoms with Crippen molar-refractivity contribution in [3.05, 3.63) is 29.8 Å². The second-order valence-electron chi connectivity index (χ2n) is 6.07. The highest BCUT2D eigenvalue weighted by Crippen LogP contribution is 2.34. The van der Waals surface area contributed by atoms with Crippen molar-refractivity contribution >= 4 is 24.0 Å². The van der Waals surface area contributed by atoms with E-state index >= 15 is 0 Å². The molecule has 1 aromatic rings. The van der Waals surface area contributed by atoms with Crippen molar-refractivity contribution in [1.29, 1.82) is 0 Å². The fourth-order valence-corrected chi connectivity index (χ4v) is 2.66. The van der Waals surface area contributed by atoms with Crippen LogP contribution in [-0.2, 0) is 11.0 Å². The summed E-state index contributed by atoms with van der Waals surface area (Å²) < 4.78 is 38.6. The second-order valence-corrected chi connectivity index (χ2v) is 6.07. The summed E-state index contributed by atoms with van der Waals surface area (Å²) in [4.78, 5) is 13.9. The molecule has 0 aliphatic carbocycles. The van der Waals surface area contributed by atoms with Gasteiger partial charge in [-0.15, -0.1) is 12.4 Å². The lowest BCUT2D eigenvalue weighted by atomic mass is 9.90. The number of para-hydroxylation sites is 1. The van der Waals surface area contributed by atoms with Crippen molar-refractivity contribution in [3.63, 3.8) is 0 Å². The summed E-state index contributed by atoms with van der Waals surface area (Å²) in [5, 5.41) is 2.36. The van der Waals surface area contributed by atoms with Crippen molar-refractivity contribution in [2.45, 2.75) is 19.5 Å². The average Bonchev–Trinajstić information content (AvgIpc) is 2.80. The SMILES string of the molecule is CC1(CN)CCN(CC(=O)Nc2ccccc2C(F)(F)F)C1.Cl. The summed E-state index contributed by atoms with van der Waals surface area (Å²) in [5.74, 6) is -0.446. The number of anilines is 1. The van der Waals surface area contributed by atoms with Crippen LogP contribution in [0.3, 0.4) is 0 Å². The molecule has 1 saturated heterocycles. The van der Waals surface area contributed by atoms with Crippen LogP contribution in [-0.4, -0.2) is 37.0 Å². The van der Waals surface area contributed by atoms with Crippen molar-refractivity contribution in [2.24, 2.45) is 11.1 Å². The number of carbonyl (C=O) groups excluding carboxylic acids is 1. The number of nitrogens with two attached hydrogens (primary N) is 1. The first kappa shape index (κ1) is 19.7. The van der Waals surface area contributed by atoms with Crippen molar-refractivity contribution in [2.75, 3.05) is 31.5 Å². The topological polar surface area (TPSA) is 58.4 Å². The minimum absolute atomic E-state index is 0. The van der Waals surface area contributed by atoms with Gasteiger partial charge in [0, 0.05) is 6.54 Å². The van der Waals surface area contributed by atoms with Crippen molar-refractivity contribution in [1.82, 2.24) is 4.90 Å². The van der Waals surface area contributed by atoms with Crippen LogP contribution >= 0.6 is 12.4 Å². The van der Waals surface area contributed by atoms with Gasteiger partial charge in [0.05, 0.1) is 17.8 Å². The molecule has 8 heteroatoms. The number of halogens is 4. The Morgan fingerprint density at radius 2 is 2.04 bits per heavy atom. The lowest BCUT2D eigenvalue weighted by Gasteiger charge is -2.22. The maximum absolute atomic E-state index is 12.9. The molecule has 1 fully saturated rings. The summed E-state index contributed by atoms with van der Waals surface area (Å²) in [5.41, 5.74) is 4.63. The van der Waals surface area contributed by atoms with E-state index in [1.54, 1.807) is 0 Å². The number of hydrogen-bond donors (Lipinski definition) is 2. The smallest absolute Gasteiger partial charge is 0.330 e. The molecule has 1 unspecified atom stereocenters. The lowest BCUT2D eigenvalue weighted by Crippen LogP contribution is -2.35. The lowest BCUT2D eigenvalue weighted by molar-refractivity contribution is -0.137. The van der Waals surface area contributed by atoms with Gasteiger partial charge in [0.2, 0.25) is 5.91 Å². The molecule has 130 valence electrons. The summed E-state index contributed by atoms with van der Waals surface area (Å²) in [6.07, 6.45) is -3.61. The molecule has 2 rings (SSSR count). The minimum Gasteiger partial charge on any atom is -0.330 e.